The highest BCUT2D eigenvalue weighted by molar-refractivity contribution is 6.35. The lowest BCUT2D eigenvalue weighted by molar-refractivity contribution is 0.0910. The second-order valence-electron chi connectivity index (χ2n) is 10.4. The summed E-state index contributed by atoms with van der Waals surface area (Å²) in [5.41, 5.74) is 1.86. The van der Waals surface area contributed by atoms with Gasteiger partial charge >= 0.3 is 0 Å². The number of anilines is 2. The molecule has 1 aliphatic heterocycles. The van der Waals surface area contributed by atoms with Crippen LogP contribution in [0.2, 0.25) is 10.0 Å². The number of carbonyl (C=O) groups excluding carboxylic acids is 2. The van der Waals surface area contributed by atoms with Gasteiger partial charge in [0.05, 0.1) is 35.1 Å². The molecular formula is C29H29Cl2F2N3O3. The molecule has 10 heteroatoms. The molecule has 0 aliphatic carbocycles. The first kappa shape index (κ1) is 28.8. The average molecular weight is 576 g/mol. The minimum absolute atomic E-state index is 0.0120. The lowest BCUT2D eigenvalue weighted by Crippen LogP contribution is -2.49. The number of alkyl halides is 1. The highest BCUT2D eigenvalue weighted by atomic mass is 35.5. The molecule has 1 fully saturated rings. The van der Waals surface area contributed by atoms with Crippen molar-refractivity contribution in [2.75, 3.05) is 43.1 Å². The van der Waals surface area contributed by atoms with E-state index in [4.69, 9.17) is 23.2 Å². The van der Waals surface area contributed by atoms with Crippen molar-refractivity contribution < 1.29 is 23.5 Å². The third-order valence-electron chi connectivity index (χ3n) is 6.69. The first-order valence-electron chi connectivity index (χ1n) is 12.4. The molecule has 2 amide bonds. The Hall–Kier alpha value is -3.20. The monoisotopic (exact) mass is 575 g/mol. The molecule has 39 heavy (non-hydrogen) atoms. The van der Waals surface area contributed by atoms with Crippen LogP contribution in [0.25, 0.3) is 11.1 Å². The van der Waals surface area contributed by atoms with Crippen LogP contribution in [0.1, 0.15) is 34.6 Å². The summed E-state index contributed by atoms with van der Waals surface area (Å²) in [6, 6.07) is 14.1. The van der Waals surface area contributed by atoms with Crippen LogP contribution in [-0.2, 0) is 0 Å². The van der Waals surface area contributed by atoms with E-state index in [1.807, 2.05) is 13.8 Å². The molecule has 0 saturated carbocycles. The van der Waals surface area contributed by atoms with Gasteiger partial charge in [-0.3, -0.25) is 9.59 Å². The number of hydrogen-bond acceptors (Lipinski definition) is 4. The Balaban J connectivity index is 1.70. The first-order chi connectivity index (χ1) is 18.4. The van der Waals surface area contributed by atoms with Crippen LogP contribution in [0.3, 0.4) is 0 Å². The Morgan fingerprint density at radius 2 is 1.82 bits per heavy atom. The maximum atomic E-state index is 14.5. The first-order valence-corrected chi connectivity index (χ1v) is 13.1. The van der Waals surface area contributed by atoms with Gasteiger partial charge in [-0.25, -0.2) is 8.78 Å². The van der Waals surface area contributed by atoms with Gasteiger partial charge in [0.15, 0.2) is 0 Å². The molecule has 0 unspecified atom stereocenters. The van der Waals surface area contributed by atoms with Crippen LogP contribution in [0, 0.1) is 11.2 Å². The van der Waals surface area contributed by atoms with Gasteiger partial charge in [0.1, 0.15) is 12.0 Å². The van der Waals surface area contributed by atoms with E-state index in [1.165, 1.54) is 24.1 Å². The predicted molar refractivity (Wildman–Crippen MR) is 151 cm³/mol. The maximum absolute atomic E-state index is 14.5. The number of aliphatic hydroxyl groups excluding tert-OH is 1. The minimum atomic E-state index is -1.01. The molecule has 206 valence electrons. The molecule has 0 atom stereocenters. The van der Waals surface area contributed by atoms with Gasteiger partial charge < -0.3 is 20.2 Å². The van der Waals surface area contributed by atoms with E-state index in [0.717, 1.165) is 6.07 Å². The van der Waals surface area contributed by atoms with E-state index in [-0.39, 0.29) is 42.7 Å². The second-order valence-corrected chi connectivity index (χ2v) is 11.2. The highest BCUT2D eigenvalue weighted by Gasteiger charge is 2.31. The summed E-state index contributed by atoms with van der Waals surface area (Å²) < 4.78 is 28.3. The third-order valence-corrected chi connectivity index (χ3v) is 7.34. The average Bonchev–Trinajstić information content (AvgIpc) is 2.89. The molecule has 0 aromatic heterocycles. The van der Waals surface area contributed by atoms with E-state index in [0.29, 0.717) is 33.1 Å². The Labute approximate surface area is 236 Å². The summed E-state index contributed by atoms with van der Waals surface area (Å²) in [6.07, 6.45) is -1.01. The van der Waals surface area contributed by atoms with Gasteiger partial charge in [-0.1, -0.05) is 49.2 Å². The number of nitrogens with zero attached hydrogens (tertiary/aromatic N) is 2. The summed E-state index contributed by atoms with van der Waals surface area (Å²) in [4.78, 5) is 29.1. The van der Waals surface area contributed by atoms with Gasteiger partial charge in [0, 0.05) is 41.8 Å². The van der Waals surface area contributed by atoms with Crippen LogP contribution >= 0.6 is 23.2 Å². The molecule has 3 aromatic rings. The number of rotatable bonds is 8. The Morgan fingerprint density at radius 3 is 2.46 bits per heavy atom. The number of hydrogen-bond donors (Lipinski definition) is 2. The van der Waals surface area contributed by atoms with Crippen LogP contribution < -0.4 is 15.1 Å². The van der Waals surface area contributed by atoms with Crippen molar-refractivity contribution in [2.24, 2.45) is 5.41 Å². The number of halogens is 4. The van der Waals surface area contributed by atoms with Crippen molar-refractivity contribution in [2.45, 2.75) is 20.0 Å². The van der Waals surface area contributed by atoms with Crippen LogP contribution in [0.15, 0.2) is 54.6 Å². The summed E-state index contributed by atoms with van der Waals surface area (Å²) in [5.74, 6) is -1.71. The second kappa shape index (κ2) is 11.5. The fourth-order valence-corrected chi connectivity index (χ4v) is 4.66. The molecule has 0 spiro atoms. The normalized spacial score (nSPS) is 13.7. The molecule has 0 bridgehead atoms. The summed E-state index contributed by atoms with van der Waals surface area (Å²) in [5, 5.41) is 12.7. The molecule has 2 N–H and O–H groups in total. The van der Waals surface area contributed by atoms with Gasteiger partial charge in [-0.2, -0.15) is 0 Å². The van der Waals surface area contributed by atoms with Crippen LogP contribution in [0.4, 0.5) is 20.2 Å². The zero-order chi connectivity index (χ0) is 28.5. The lowest BCUT2D eigenvalue weighted by Gasteiger charge is -2.39. The molecule has 1 saturated heterocycles. The zero-order valence-corrected chi connectivity index (χ0v) is 23.3. The largest absolute Gasteiger partial charge is 0.396 e. The van der Waals surface area contributed by atoms with Crippen LogP contribution in [0.5, 0.6) is 0 Å². The lowest BCUT2D eigenvalue weighted by atomic mass is 9.94. The van der Waals surface area contributed by atoms with Crippen molar-refractivity contribution in [3.63, 3.8) is 0 Å². The van der Waals surface area contributed by atoms with E-state index in [1.54, 1.807) is 41.3 Å². The molecule has 3 aromatic carbocycles. The number of benzene rings is 3. The Kier molecular flexibility index (Phi) is 8.49. The molecule has 6 nitrogen and oxygen atoms in total. The van der Waals surface area contributed by atoms with Crippen LogP contribution in [-0.4, -0.2) is 56.4 Å². The van der Waals surface area contributed by atoms with Gasteiger partial charge in [0.25, 0.3) is 11.8 Å². The fourth-order valence-electron chi connectivity index (χ4n) is 4.19. The third kappa shape index (κ3) is 6.19. The molecule has 0 radical (unpaired) electrons. The van der Waals surface area contributed by atoms with E-state index in [2.05, 4.69) is 5.32 Å². The number of carbonyl (C=O) groups is 2. The quantitative estimate of drug-likeness (QED) is 0.346. The van der Waals surface area contributed by atoms with Crippen molar-refractivity contribution in [1.29, 1.82) is 0 Å². The highest BCUT2D eigenvalue weighted by Crippen LogP contribution is 2.39. The number of amides is 2. The summed E-state index contributed by atoms with van der Waals surface area (Å²) in [6.45, 7) is 4.15. The van der Waals surface area contributed by atoms with E-state index in [9.17, 15) is 23.5 Å². The Bertz CT molecular complexity index is 1390. The van der Waals surface area contributed by atoms with Crippen molar-refractivity contribution in [3.05, 3.63) is 81.6 Å². The van der Waals surface area contributed by atoms with E-state index >= 15 is 0 Å². The smallest absolute Gasteiger partial charge is 0.262 e. The summed E-state index contributed by atoms with van der Waals surface area (Å²) >= 11 is 12.6. The minimum Gasteiger partial charge on any atom is -0.396 e. The standard InChI is InChI=1S/C29H29Cl2F2N3O3/c1-29(2,16-37)15-34-27(38)18-7-9-21(30)20(11-18)17-8-10-24(25(12-17)36-13-19(32)14-36)35(3)28(39)26-22(31)5-4-6-23(26)33/h4-12,19,37H,13-16H2,1-3H3,(H,34,38). The van der Waals surface area contributed by atoms with E-state index < -0.39 is 23.3 Å². The van der Waals surface area contributed by atoms with Crippen molar-refractivity contribution in [3.8, 4) is 11.1 Å². The molecular weight excluding hydrogens is 547 g/mol. The van der Waals surface area contributed by atoms with Gasteiger partial charge in [-0.15, -0.1) is 0 Å². The zero-order valence-electron chi connectivity index (χ0n) is 21.8. The predicted octanol–water partition coefficient (Wildman–Crippen LogP) is 5.98. The van der Waals surface area contributed by atoms with Crippen molar-refractivity contribution >= 4 is 46.4 Å². The maximum Gasteiger partial charge on any atom is 0.262 e. The number of aliphatic hydroxyl groups is 1. The fraction of sp³-hybridized carbons (Fsp3) is 0.310. The van der Waals surface area contributed by atoms with Crippen molar-refractivity contribution in [1.82, 2.24) is 5.32 Å². The number of nitrogens with one attached hydrogen (secondary N) is 1. The van der Waals surface area contributed by atoms with Gasteiger partial charge in [0.2, 0.25) is 0 Å². The Morgan fingerprint density at radius 1 is 1.10 bits per heavy atom. The SMILES string of the molecule is CN(C(=O)c1c(F)cccc1Cl)c1ccc(-c2cc(C(=O)NCC(C)(C)CO)ccc2Cl)cc1N1CC(F)C1. The topological polar surface area (TPSA) is 72.9 Å². The molecule has 1 heterocycles. The molecule has 1 aliphatic rings. The summed E-state index contributed by atoms with van der Waals surface area (Å²) in [7, 11) is 1.50. The van der Waals surface area contributed by atoms with Gasteiger partial charge in [-0.05, 0) is 48.0 Å². The molecule has 4 rings (SSSR count).